The standard InChI is InChI=1S/C17H17ClN2O4/c18-14-5-3-12(4-6-14)8-13(9-19)17(22)24-11-16(21)20-10-15-2-1-7-23-15/h3-6,8,15H,1-2,7,10-11H2,(H,20,21). The highest BCUT2D eigenvalue weighted by Gasteiger charge is 2.17. The molecule has 126 valence electrons. The summed E-state index contributed by atoms with van der Waals surface area (Å²) in [4.78, 5) is 23.5. The lowest BCUT2D eigenvalue weighted by molar-refractivity contribution is -0.144. The fourth-order valence-electron chi connectivity index (χ4n) is 2.16. The quantitative estimate of drug-likeness (QED) is 0.483. The van der Waals surface area contributed by atoms with Crippen molar-refractivity contribution >= 4 is 29.6 Å². The smallest absolute Gasteiger partial charge is 0.349 e. The molecule has 2 rings (SSSR count). The molecule has 7 heteroatoms. The molecule has 1 aliphatic heterocycles. The normalized spacial score (nSPS) is 17.2. The van der Waals surface area contributed by atoms with E-state index in [1.54, 1.807) is 30.3 Å². The topological polar surface area (TPSA) is 88.4 Å². The Morgan fingerprint density at radius 3 is 2.79 bits per heavy atom. The van der Waals surface area contributed by atoms with E-state index in [1.807, 2.05) is 0 Å². The molecule has 1 N–H and O–H groups in total. The van der Waals surface area contributed by atoms with Gasteiger partial charge < -0.3 is 14.8 Å². The number of amides is 1. The number of halogens is 1. The molecule has 0 spiro atoms. The second-order valence-electron chi connectivity index (χ2n) is 5.24. The van der Waals surface area contributed by atoms with Gasteiger partial charge in [-0.3, -0.25) is 4.79 Å². The first-order chi connectivity index (χ1) is 11.6. The molecule has 1 unspecified atom stereocenters. The van der Waals surface area contributed by atoms with Crippen LogP contribution in [0, 0.1) is 11.3 Å². The fourth-order valence-corrected chi connectivity index (χ4v) is 2.28. The SMILES string of the molecule is N#CC(=Cc1ccc(Cl)cc1)C(=O)OCC(=O)NCC1CCCO1. The summed E-state index contributed by atoms with van der Waals surface area (Å²) in [6, 6.07) is 8.39. The van der Waals surface area contributed by atoms with Crippen LogP contribution < -0.4 is 5.32 Å². The summed E-state index contributed by atoms with van der Waals surface area (Å²) >= 11 is 5.78. The summed E-state index contributed by atoms with van der Waals surface area (Å²) in [7, 11) is 0. The lowest BCUT2D eigenvalue weighted by atomic mass is 10.1. The van der Waals surface area contributed by atoms with Crippen molar-refractivity contribution in [3.05, 3.63) is 40.4 Å². The molecular formula is C17H17ClN2O4. The Balaban J connectivity index is 1.82. The number of ether oxygens (including phenoxy) is 2. The minimum Gasteiger partial charge on any atom is -0.451 e. The van der Waals surface area contributed by atoms with Crippen LogP contribution in [0.15, 0.2) is 29.8 Å². The average Bonchev–Trinajstić information content (AvgIpc) is 3.11. The van der Waals surface area contributed by atoms with Crippen molar-refractivity contribution < 1.29 is 19.1 Å². The van der Waals surface area contributed by atoms with Crippen LogP contribution in [0.5, 0.6) is 0 Å². The number of carbonyl (C=O) groups excluding carboxylic acids is 2. The summed E-state index contributed by atoms with van der Waals surface area (Å²) in [6.45, 7) is 0.657. The molecule has 1 aliphatic rings. The number of hydrogen-bond acceptors (Lipinski definition) is 5. The van der Waals surface area contributed by atoms with Crippen LogP contribution in [-0.2, 0) is 19.1 Å². The average molecular weight is 349 g/mol. The van der Waals surface area contributed by atoms with E-state index >= 15 is 0 Å². The van der Waals surface area contributed by atoms with Gasteiger partial charge in [0.2, 0.25) is 0 Å². The number of nitrogens with one attached hydrogen (secondary N) is 1. The molecule has 1 amide bonds. The van der Waals surface area contributed by atoms with E-state index in [0.717, 1.165) is 12.8 Å². The van der Waals surface area contributed by atoms with Crippen molar-refractivity contribution in [1.82, 2.24) is 5.32 Å². The van der Waals surface area contributed by atoms with Gasteiger partial charge in [-0.15, -0.1) is 0 Å². The Labute approximate surface area is 145 Å². The highest BCUT2D eigenvalue weighted by molar-refractivity contribution is 6.30. The van der Waals surface area contributed by atoms with E-state index in [4.69, 9.17) is 26.3 Å². The van der Waals surface area contributed by atoms with E-state index in [-0.39, 0.29) is 11.7 Å². The summed E-state index contributed by atoms with van der Waals surface area (Å²) in [5.41, 5.74) is 0.444. The third-order valence-electron chi connectivity index (χ3n) is 3.41. The second-order valence-corrected chi connectivity index (χ2v) is 5.67. The Kier molecular flexibility index (Phi) is 6.79. The van der Waals surface area contributed by atoms with Crippen LogP contribution in [-0.4, -0.2) is 37.7 Å². The number of rotatable bonds is 6. The number of nitrogens with zero attached hydrogens (tertiary/aromatic N) is 1. The highest BCUT2D eigenvalue weighted by Crippen LogP contribution is 2.13. The zero-order valence-electron chi connectivity index (χ0n) is 13.0. The van der Waals surface area contributed by atoms with Gasteiger partial charge in [0.1, 0.15) is 11.6 Å². The number of esters is 1. The van der Waals surface area contributed by atoms with Crippen molar-refractivity contribution in [2.24, 2.45) is 0 Å². The lowest BCUT2D eigenvalue weighted by Gasteiger charge is -2.10. The van der Waals surface area contributed by atoms with Crippen molar-refractivity contribution in [3.63, 3.8) is 0 Å². The molecule has 1 aromatic rings. The van der Waals surface area contributed by atoms with E-state index in [2.05, 4.69) is 5.32 Å². The summed E-state index contributed by atoms with van der Waals surface area (Å²) in [5.74, 6) is -1.28. The second kappa shape index (κ2) is 9.06. The predicted octanol–water partition coefficient (Wildman–Crippen LogP) is 2.09. The van der Waals surface area contributed by atoms with Gasteiger partial charge in [0.05, 0.1) is 6.10 Å². The maximum absolute atomic E-state index is 11.9. The Bertz CT molecular complexity index is 658. The molecule has 1 heterocycles. The molecule has 1 fully saturated rings. The van der Waals surface area contributed by atoms with Crippen molar-refractivity contribution in [1.29, 1.82) is 5.26 Å². The van der Waals surface area contributed by atoms with Gasteiger partial charge in [-0.2, -0.15) is 5.26 Å². The van der Waals surface area contributed by atoms with Crippen LogP contribution in [0.3, 0.4) is 0 Å². The zero-order valence-corrected chi connectivity index (χ0v) is 13.7. The third-order valence-corrected chi connectivity index (χ3v) is 3.66. The molecule has 0 saturated carbocycles. The Morgan fingerprint density at radius 1 is 1.42 bits per heavy atom. The largest absolute Gasteiger partial charge is 0.451 e. The molecular weight excluding hydrogens is 332 g/mol. The van der Waals surface area contributed by atoms with Crippen molar-refractivity contribution in [2.45, 2.75) is 18.9 Å². The minimum atomic E-state index is -0.847. The van der Waals surface area contributed by atoms with Crippen LogP contribution in [0.25, 0.3) is 6.08 Å². The summed E-state index contributed by atoms with van der Waals surface area (Å²) < 4.78 is 10.2. The summed E-state index contributed by atoms with van der Waals surface area (Å²) in [6.07, 6.45) is 3.28. The van der Waals surface area contributed by atoms with Gasteiger partial charge in [0.15, 0.2) is 6.61 Å². The number of carbonyl (C=O) groups is 2. The number of nitriles is 1. The number of hydrogen-bond donors (Lipinski definition) is 1. The van der Waals surface area contributed by atoms with Gasteiger partial charge in [0.25, 0.3) is 5.91 Å². The Morgan fingerprint density at radius 2 is 2.17 bits per heavy atom. The van der Waals surface area contributed by atoms with Gasteiger partial charge >= 0.3 is 5.97 Å². The molecule has 0 aromatic heterocycles. The summed E-state index contributed by atoms with van der Waals surface area (Å²) in [5, 5.41) is 12.2. The molecule has 0 radical (unpaired) electrons. The van der Waals surface area contributed by atoms with E-state index < -0.39 is 18.5 Å². The molecule has 6 nitrogen and oxygen atoms in total. The molecule has 1 saturated heterocycles. The zero-order chi connectivity index (χ0) is 17.4. The van der Waals surface area contributed by atoms with Crippen LogP contribution >= 0.6 is 11.6 Å². The Hall–Kier alpha value is -2.36. The fraction of sp³-hybridized carbons (Fsp3) is 0.353. The molecule has 24 heavy (non-hydrogen) atoms. The van der Waals surface area contributed by atoms with Gasteiger partial charge in [-0.1, -0.05) is 23.7 Å². The van der Waals surface area contributed by atoms with Gasteiger partial charge in [-0.25, -0.2) is 4.79 Å². The van der Waals surface area contributed by atoms with Crippen LogP contribution in [0.2, 0.25) is 5.02 Å². The first kappa shape index (κ1) is 18.0. The molecule has 0 aliphatic carbocycles. The van der Waals surface area contributed by atoms with E-state index in [1.165, 1.54) is 6.08 Å². The van der Waals surface area contributed by atoms with E-state index in [9.17, 15) is 9.59 Å². The molecule has 0 bridgehead atoms. The van der Waals surface area contributed by atoms with Crippen molar-refractivity contribution in [3.8, 4) is 6.07 Å². The van der Waals surface area contributed by atoms with Crippen LogP contribution in [0.1, 0.15) is 18.4 Å². The van der Waals surface area contributed by atoms with Gasteiger partial charge in [0, 0.05) is 18.2 Å². The van der Waals surface area contributed by atoms with Gasteiger partial charge in [-0.05, 0) is 36.6 Å². The highest BCUT2D eigenvalue weighted by atomic mass is 35.5. The van der Waals surface area contributed by atoms with Crippen molar-refractivity contribution in [2.75, 3.05) is 19.8 Å². The van der Waals surface area contributed by atoms with Crippen LogP contribution in [0.4, 0.5) is 0 Å². The minimum absolute atomic E-state index is 0.0177. The first-order valence-corrected chi connectivity index (χ1v) is 7.89. The number of benzene rings is 1. The first-order valence-electron chi connectivity index (χ1n) is 7.51. The lowest BCUT2D eigenvalue weighted by Crippen LogP contribution is -2.34. The maximum Gasteiger partial charge on any atom is 0.349 e. The molecule has 1 atom stereocenters. The third kappa shape index (κ3) is 5.69. The van der Waals surface area contributed by atoms with E-state index in [0.29, 0.717) is 23.7 Å². The predicted molar refractivity (Wildman–Crippen MR) is 88.0 cm³/mol. The maximum atomic E-state index is 11.9. The monoisotopic (exact) mass is 348 g/mol. The molecule has 1 aromatic carbocycles.